The number of hydrogen-bond donors (Lipinski definition) is 2. The standard InChI is InChI=1S/C7H13NO2/c1-5(9)7(3-4-7)8-6(2)10/h5,9H,3-4H2,1-2H3,(H,8,10). The van der Waals surface area contributed by atoms with Crippen LogP contribution in [0.1, 0.15) is 26.7 Å². The summed E-state index contributed by atoms with van der Waals surface area (Å²) in [6.07, 6.45) is 1.39. The smallest absolute Gasteiger partial charge is 0.217 e. The zero-order valence-electron chi connectivity index (χ0n) is 6.35. The predicted octanol–water partition coefficient (Wildman–Crippen LogP) is 0.0359. The first-order chi connectivity index (χ1) is 4.57. The number of hydrogen-bond acceptors (Lipinski definition) is 2. The highest BCUT2D eigenvalue weighted by Gasteiger charge is 2.47. The number of aliphatic hydroxyl groups excluding tert-OH is 1. The molecular formula is C7H13NO2. The SMILES string of the molecule is CC(=O)NC1(C(C)O)CC1. The van der Waals surface area contributed by atoms with Crippen LogP contribution in [0.5, 0.6) is 0 Å². The van der Waals surface area contributed by atoms with Crippen LogP contribution < -0.4 is 5.32 Å². The first kappa shape index (κ1) is 7.54. The third-order valence-electron chi connectivity index (χ3n) is 2.01. The molecule has 0 saturated heterocycles. The highest BCUT2D eigenvalue weighted by molar-refractivity contribution is 5.74. The van der Waals surface area contributed by atoms with Gasteiger partial charge in [0.2, 0.25) is 5.91 Å². The van der Waals surface area contributed by atoms with Crippen molar-refractivity contribution >= 4 is 5.91 Å². The van der Waals surface area contributed by atoms with Gasteiger partial charge in [0.1, 0.15) is 0 Å². The van der Waals surface area contributed by atoms with Gasteiger partial charge in [-0.2, -0.15) is 0 Å². The van der Waals surface area contributed by atoms with E-state index in [1.807, 2.05) is 0 Å². The minimum Gasteiger partial charge on any atom is -0.391 e. The molecule has 10 heavy (non-hydrogen) atoms. The number of carbonyl (C=O) groups excluding carboxylic acids is 1. The Labute approximate surface area is 60.4 Å². The normalized spacial score (nSPS) is 23.5. The van der Waals surface area contributed by atoms with Gasteiger partial charge in [-0.1, -0.05) is 0 Å². The molecule has 1 atom stereocenters. The van der Waals surface area contributed by atoms with Gasteiger partial charge in [0.25, 0.3) is 0 Å². The molecule has 3 heteroatoms. The summed E-state index contributed by atoms with van der Waals surface area (Å²) in [5.41, 5.74) is -0.272. The second kappa shape index (κ2) is 2.23. The molecule has 0 aromatic carbocycles. The Hall–Kier alpha value is -0.570. The third kappa shape index (κ3) is 1.29. The molecule has 1 saturated carbocycles. The van der Waals surface area contributed by atoms with E-state index in [1.165, 1.54) is 6.92 Å². The predicted molar refractivity (Wildman–Crippen MR) is 37.5 cm³/mol. The average Bonchev–Trinajstić information content (AvgIpc) is 2.46. The largest absolute Gasteiger partial charge is 0.391 e. The molecule has 1 fully saturated rings. The third-order valence-corrected chi connectivity index (χ3v) is 2.01. The number of amides is 1. The Kier molecular flexibility index (Phi) is 1.68. The Bertz CT molecular complexity index is 150. The lowest BCUT2D eigenvalue weighted by Gasteiger charge is -2.18. The molecule has 1 amide bonds. The maximum atomic E-state index is 10.6. The van der Waals surface area contributed by atoms with Crippen molar-refractivity contribution in [3.63, 3.8) is 0 Å². The quantitative estimate of drug-likeness (QED) is 0.573. The van der Waals surface area contributed by atoms with Gasteiger partial charge in [-0.25, -0.2) is 0 Å². The lowest BCUT2D eigenvalue weighted by atomic mass is 10.1. The zero-order chi connectivity index (χ0) is 7.78. The monoisotopic (exact) mass is 143 g/mol. The Morgan fingerprint density at radius 3 is 2.30 bits per heavy atom. The second-order valence-corrected chi connectivity index (χ2v) is 3.01. The number of aliphatic hydroxyl groups is 1. The summed E-state index contributed by atoms with van der Waals surface area (Å²) in [7, 11) is 0. The molecule has 0 bridgehead atoms. The van der Waals surface area contributed by atoms with Gasteiger partial charge < -0.3 is 10.4 Å². The van der Waals surface area contributed by atoms with Gasteiger partial charge >= 0.3 is 0 Å². The van der Waals surface area contributed by atoms with Crippen molar-refractivity contribution in [2.45, 2.75) is 38.3 Å². The van der Waals surface area contributed by atoms with Crippen molar-refractivity contribution in [3.05, 3.63) is 0 Å². The topological polar surface area (TPSA) is 49.3 Å². The number of nitrogens with one attached hydrogen (secondary N) is 1. The molecular weight excluding hydrogens is 130 g/mol. The van der Waals surface area contributed by atoms with Crippen LogP contribution in [0.25, 0.3) is 0 Å². The summed E-state index contributed by atoms with van der Waals surface area (Å²) in [5, 5.41) is 11.9. The molecule has 0 radical (unpaired) electrons. The summed E-state index contributed by atoms with van der Waals surface area (Å²) in [6, 6.07) is 0. The van der Waals surface area contributed by atoms with Crippen LogP contribution in [0, 0.1) is 0 Å². The van der Waals surface area contributed by atoms with Gasteiger partial charge in [-0.05, 0) is 19.8 Å². The summed E-state index contributed by atoms with van der Waals surface area (Å²) in [6.45, 7) is 3.19. The second-order valence-electron chi connectivity index (χ2n) is 3.01. The average molecular weight is 143 g/mol. The van der Waals surface area contributed by atoms with Gasteiger partial charge in [0.05, 0.1) is 11.6 Å². The number of rotatable bonds is 2. The van der Waals surface area contributed by atoms with Crippen molar-refractivity contribution in [2.75, 3.05) is 0 Å². The van der Waals surface area contributed by atoms with Crippen LogP contribution in [-0.2, 0) is 4.79 Å². The number of carbonyl (C=O) groups is 1. The molecule has 0 aromatic rings. The van der Waals surface area contributed by atoms with E-state index in [2.05, 4.69) is 5.32 Å². The maximum Gasteiger partial charge on any atom is 0.217 e. The van der Waals surface area contributed by atoms with E-state index < -0.39 is 6.10 Å². The molecule has 0 aromatic heterocycles. The van der Waals surface area contributed by atoms with Gasteiger partial charge in [-0.3, -0.25) is 4.79 Å². The molecule has 2 N–H and O–H groups in total. The van der Waals surface area contributed by atoms with E-state index in [0.29, 0.717) is 0 Å². The molecule has 1 aliphatic rings. The molecule has 1 aliphatic carbocycles. The summed E-state index contributed by atoms with van der Waals surface area (Å²) in [4.78, 5) is 10.6. The first-order valence-electron chi connectivity index (χ1n) is 3.54. The molecule has 0 heterocycles. The summed E-state index contributed by atoms with van der Waals surface area (Å²) < 4.78 is 0. The van der Waals surface area contributed by atoms with Crippen molar-refractivity contribution < 1.29 is 9.90 Å². The maximum absolute atomic E-state index is 10.6. The van der Waals surface area contributed by atoms with E-state index >= 15 is 0 Å². The molecule has 1 rings (SSSR count). The van der Waals surface area contributed by atoms with Crippen molar-refractivity contribution in [1.29, 1.82) is 0 Å². The van der Waals surface area contributed by atoms with Crippen LogP contribution in [0.3, 0.4) is 0 Å². The highest BCUT2D eigenvalue weighted by atomic mass is 16.3. The minimum absolute atomic E-state index is 0.0570. The van der Waals surface area contributed by atoms with Crippen LogP contribution >= 0.6 is 0 Å². The Morgan fingerprint density at radius 1 is 1.70 bits per heavy atom. The summed E-state index contributed by atoms with van der Waals surface area (Å²) in [5.74, 6) is -0.0570. The molecule has 3 nitrogen and oxygen atoms in total. The lowest BCUT2D eigenvalue weighted by molar-refractivity contribution is -0.120. The fraction of sp³-hybridized carbons (Fsp3) is 0.857. The van der Waals surface area contributed by atoms with Gasteiger partial charge in [0.15, 0.2) is 0 Å². The van der Waals surface area contributed by atoms with E-state index in [0.717, 1.165) is 12.8 Å². The first-order valence-corrected chi connectivity index (χ1v) is 3.54. The zero-order valence-corrected chi connectivity index (χ0v) is 6.35. The fourth-order valence-corrected chi connectivity index (χ4v) is 1.13. The fourth-order valence-electron chi connectivity index (χ4n) is 1.13. The molecule has 0 aliphatic heterocycles. The van der Waals surface area contributed by atoms with Crippen molar-refractivity contribution in [2.24, 2.45) is 0 Å². The van der Waals surface area contributed by atoms with Crippen LogP contribution in [-0.4, -0.2) is 22.7 Å². The van der Waals surface area contributed by atoms with E-state index in [9.17, 15) is 9.90 Å². The van der Waals surface area contributed by atoms with Crippen molar-refractivity contribution in [1.82, 2.24) is 5.32 Å². The molecule has 0 spiro atoms. The van der Waals surface area contributed by atoms with Crippen molar-refractivity contribution in [3.8, 4) is 0 Å². The molecule has 1 unspecified atom stereocenters. The van der Waals surface area contributed by atoms with E-state index in [-0.39, 0.29) is 11.4 Å². The minimum atomic E-state index is -0.420. The van der Waals surface area contributed by atoms with E-state index in [4.69, 9.17) is 0 Å². The Balaban J connectivity index is 2.45. The van der Waals surface area contributed by atoms with E-state index in [1.54, 1.807) is 6.92 Å². The lowest BCUT2D eigenvalue weighted by Crippen LogP contribution is -2.43. The van der Waals surface area contributed by atoms with Gasteiger partial charge in [0, 0.05) is 6.92 Å². The van der Waals surface area contributed by atoms with Gasteiger partial charge in [-0.15, -0.1) is 0 Å². The van der Waals surface area contributed by atoms with Crippen LogP contribution in [0.15, 0.2) is 0 Å². The van der Waals surface area contributed by atoms with Crippen LogP contribution in [0.4, 0.5) is 0 Å². The highest BCUT2D eigenvalue weighted by Crippen LogP contribution is 2.38. The van der Waals surface area contributed by atoms with Crippen LogP contribution in [0.2, 0.25) is 0 Å². The summed E-state index contributed by atoms with van der Waals surface area (Å²) >= 11 is 0. The Morgan fingerprint density at radius 2 is 2.20 bits per heavy atom. The molecule has 58 valence electrons.